The number of rotatable bonds is 6. The van der Waals surface area contributed by atoms with Crippen LogP contribution in [-0.4, -0.2) is 27.0 Å². The summed E-state index contributed by atoms with van der Waals surface area (Å²) in [5.41, 5.74) is 3.95. The van der Waals surface area contributed by atoms with Crippen LogP contribution in [-0.2, 0) is 5.75 Å². The predicted molar refractivity (Wildman–Crippen MR) is 109 cm³/mol. The molecular weight excluding hydrogens is 372 g/mol. The minimum absolute atomic E-state index is 0.713. The first-order valence-electron chi connectivity index (χ1n) is 8.87. The van der Waals surface area contributed by atoms with Crippen LogP contribution in [0.1, 0.15) is 17.0 Å². The normalized spacial score (nSPS) is 11.0. The number of ether oxygens (including phenoxy) is 1. The maximum absolute atomic E-state index is 5.37. The van der Waals surface area contributed by atoms with Gasteiger partial charge in [-0.25, -0.2) is 0 Å². The highest BCUT2D eigenvalue weighted by atomic mass is 32.2. The largest absolute Gasteiger partial charge is 0.497 e. The molecule has 0 saturated carbocycles. The van der Waals surface area contributed by atoms with Crippen molar-refractivity contribution in [2.45, 2.75) is 24.8 Å². The van der Waals surface area contributed by atoms with Crippen LogP contribution in [0.15, 0.2) is 64.3 Å². The number of hydrogen-bond acceptors (Lipinski definition) is 6. The number of methoxy groups -OCH3 is 1. The van der Waals surface area contributed by atoms with Gasteiger partial charge in [0.15, 0.2) is 11.0 Å². The molecule has 4 aromatic rings. The highest BCUT2D eigenvalue weighted by Gasteiger charge is 2.18. The molecular formula is C21H20N4O2S. The van der Waals surface area contributed by atoms with Gasteiger partial charge in [-0.15, -0.1) is 10.2 Å². The molecule has 0 radical (unpaired) electrons. The number of thioether (sulfide) groups is 1. The second kappa shape index (κ2) is 7.90. The first kappa shape index (κ1) is 18.3. The van der Waals surface area contributed by atoms with E-state index >= 15 is 0 Å². The fourth-order valence-electron chi connectivity index (χ4n) is 2.97. The zero-order valence-corrected chi connectivity index (χ0v) is 16.7. The standard InChI is InChI=1S/C21H20N4O2S/c1-14-19(15(2)27-24-14)13-28-21-23-22-20(16-8-7-11-18(12-16)26-3)25(21)17-9-5-4-6-10-17/h4-12H,13H2,1-3H3. The number of aryl methyl sites for hydroxylation is 2. The Morgan fingerprint density at radius 1 is 1.04 bits per heavy atom. The molecule has 6 nitrogen and oxygen atoms in total. The quantitative estimate of drug-likeness (QED) is 0.438. The molecule has 7 heteroatoms. The second-order valence-electron chi connectivity index (χ2n) is 6.30. The maximum atomic E-state index is 5.37. The molecule has 0 aliphatic heterocycles. The lowest BCUT2D eigenvalue weighted by atomic mass is 10.2. The topological polar surface area (TPSA) is 66.0 Å². The molecule has 142 valence electrons. The third-order valence-electron chi connectivity index (χ3n) is 4.50. The monoisotopic (exact) mass is 392 g/mol. The van der Waals surface area contributed by atoms with Crippen LogP contribution in [0, 0.1) is 13.8 Å². The number of benzene rings is 2. The second-order valence-corrected chi connectivity index (χ2v) is 7.24. The summed E-state index contributed by atoms with van der Waals surface area (Å²) in [7, 11) is 1.66. The first-order valence-corrected chi connectivity index (χ1v) is 9.85. The van der Waals surface area contributed by atoms with Crippen LogP contribution in [0.4, 0.5) is 0 Å². The average Bonchev–Trinajstić information content (AvgIpc) is 3.30. The van der Waals surface area contributed by atoms with Crippen molar-refractivity contribution in [2.24, 2.45) is 0 Å². The fraction of sp³-hybridized carbons (Fsp3) is 0.190. The van der Waals surface area contributed by atoms with Gasteiger partial charge in [-0.1, -0.05) is 47.3 Å². The molecule has 4 rings (SSSR count). The van der Waals surface area contributed by atoms with Gasteiger partial charge in [-0.2, -0.15) is 0 Å². The highest BCUT2D eigenvalue weighted by Crippen LogP contribution is 2.32. The van der Waals surface area contributed by atoms with E-state index < -0.39 is 0 Å². The van der Waals surface area contributed by atoms with Gasteiger partial charge in [0.05, 0.1) is 12.8 Å². The summed E-state index contributed by atoms with van der Waals surface area (Å²) in [5.74, 6) is 3.10. The first-order chi connectivity index (χ1) is 13.7. The van der Waals surface area contributed by atoms with Crippen LogP contribution in [0.2, 0.25) is 0 Å². The fourth-order valence-corrected chi connectivity index (χ4v) is 4.07. The lowest BCUT2D eigenvalue weighted by Crippen LogP contribution is -2.00. The Morgan fingerprint density at radius 3 is 2.57 bits per heavy atom. The van der Waals surface area contributed by atoms with Crippen molar-refractivity contribution in [2.75, 3.05) is 7.11 Å². The van der Waals surface area contributed by atoms with Gasteiger partial charge in [-0.3, -0.25) is 4.57 Å². The Morgan fingerprint density at radius 2 is 1.86 bits per heavy atom. The summed E-state index contributed by atoms with van der Waals surface area (Å²) in [4.78, 5) is 0. The molecule has 0 bridgehead atoms. The zero-order valence-electron chi connectivity index (χ0n) is 15.9. The molecule has 0 aliphatic rings. The van der Waals surface area contributed by atoms with Gasteiger partial charge in [-0.05, 0) is 38.1 Å². The summed E-state index contributed by atoms with van der Waals surface area (Å²) in [6, 6.07) is 18.0. The van der Waals surface area contributed by atoms with Gasteiger partial charge in [0.2, 0.25) is 0 Å². The van der Waals surface area contributed by atoms with Crippen LogP contribution >= 0.6 is 11.8 Å². The highest BCUT2D eigenvalue weighted by molar-refractivity contribution is 7.98. The smallest absolute Gasteiger partial charge is 0.196 e. The Balaban J connectivity index is 1.75. The molecule has 0 saturated heterocycles. The number of nitrogens with zero attached hydrogens (tertiary/aromatic N) is 4. The summed E-state index contributed by atoms with van der Waals surface area (Å²) in [5, 5.41) is 13.8. The van der Waals surface area contributed by atoms with Crippen molar-refractivity contribution >= 4 is 11.8 Å². The average molecular weight is 392 g/mol. The van der Waals surface area contributed by atoms with Crippen LogP contribution < -0.4 is 4.74 Å². The van der Waals surface area contributed by atoms with Gasteiger partial charge >= 0.3 is 0 Å². The van der Waals surface area contributed by atoms with Crippen molar-refractivity contribution in [1.29, 1.82) is 0 Å². The van der Waals surface area contributed by atoms with E-state index in [-0.39, 0.29) is 0 Å². The Kier molecular flexibility index (Phi) is 5.16. The van der Waals surface area contributed by atoms with E-state index in [1.807, 2.05) is 68.4 Å². The van der Waals surface area contributed by atoms with Gasteiger partial charge in [0.1, 0.15) is 11.5 Å². The van der Waals surface area contributed by atoms with Crippen molar-refractivity contribution < 1.29 is 9.26 Å². The van der Waals surface area contributed by atoms with E-state index in [0.717, 1.165) is 45.0 Å². The number of para-hydroxylation sites is 1. The summed E-state index contributed by atoms with van der Waals surface area (Å²) in [6.07, 6.45) is 0. The lowest BCUT2D eigenvalue weighted by Gasteiger charge is -2.11. The summed E-state index contributed by atoms with van der Waals surface area (Å²) in [6.45, 7) is 3.88. The van der Waals surface area contributed by atoms with E-state index in [4.69, 9.17) is 9.26 Å². The molecule has 2 aromatic heterocycles. The minimum atomic E-state index is 0.713. The lowest BCUT2D eigenvalue weighted by molar-refractivity contribution is 0.392. The van der Waals surface area contributed by atoms with Crippen LogP contribution in [0.25, 0.3) is 17.1 Å². The third-order valence-corrected chi connectivity index (χ3v) is 5.46. The molecule has 0 unspecified atom stereocenters. The number of hydrogen-bond donors (Lipinski definition) is 0. The number of aromatic nitrogens is 4. The van der Waals surface area contributed by atoms with E-state index in [1.165, 1.54) is 0 Å². The molecule has 0 N–H and O–H groups in total. The Bertz CT molecular complexity index is 1070. The molecule has 0 amide bonds. The van der Waals surface area contributed by atoms with Crippen molar-refractivity contribution in [3.8, 4) is 22.8 Å². The van der Waals surface area contributed by atoms with Crippen molar-refractivity contribution in [3.05, 3.63) is 71.6 Å². The van der Waals surface area contributed by atoms with Gasteiger partial charge in [0.25, 0.3) is 0 Å². The maximum Gasteiger partial charge on any atom is 0.196 e. The van der Waals surface area contributed by atoms with E-state index in [9.17, 15) is 0 Å². The molecule has 0 atom stereocenters. The molecule has 0 spiro atoms. The Hall–Kier alpha value is -3.06. The molecule has 2 heterocycles. The Labute approximate surface area is 167 Å². The third kappa shape index (κ3) is 3.53. The molecule has 0 fully saturated rings. The molecule has 0 aliphatic carbocycles. The summed E-state index contributed by atoms with van der Waals surface area (Å²) >= 11 is 1.61. The molecule has 28 heavy (non-hydrogen) atoms. The van der Waals surface area contributed by atoms with Gasteiger partial charge in [0, 0.05) is 22.6 Å². The van der Waals surface area contributed by atoms with Gasteiger partial charge < -0.3 is 9.26 Å². The summed E-state index contributed by atoms with van der Waals surface area (Å²) < 4.78 is 12.7. The minimum Gasteiger partial charge on any atom is -0.497 e. The SMILES string of the molecule is COc1cccc(-c2nnc(SCc3c(C)noc3C)n2-c2ccccc2)c1. The van der Waals surface area contributed by atoms with E-state index in [1.54, 1.807) is 18.9 Å². The predicted octanol–water partition coefficient (Wildman–Crippen LogP) is 4.84. The van der Waals surface area contributed by atoms with E-state index in [2.05, 4.69) is 19.9 Å². The van der Waals surface area contributed by atoms with Crippen LogP contribution in [0.3, 0.4) is 0 Å². The zero-order chi connectivity index (χ0) is 19.5. The van der Waals surface area contributed by atoms with Crippen molar-refractivity contribution in [3.63, 3.8) is 0 Å². The van der Waals surface area contributed by atoms with Crippen LogP contribution in [0.5, 0.6) is 5.75 Å². The molecule has 2 aromatic carbocycles. The van der Waals surface area contributed by atoms with E-state index in [0.29, 0.717) is 5.75 Å². The van der Waals surface area contributed by atoms with Crippen molar-refractivity contribution in [1.82, 2.24) is 19.9 Å².